The molecule has 0 atom stereocenters. The summed E-state index contributed by atoms with van der Waals surface area (Å²) in [6, 6.07) is 5.34. The number of pyridine rings is 1. The van der Waals surface area contributed by atoms with Crippen molar-refractivity contribution < 1.29 is 19.1 Å². The van der Waals surface area contributed by atoms with Crippen molar-refractivity contribution in [2.45, 2.75) is 44.1 Å². The van der Waals surface area contributed by atoms with Gasteiger partial charge in [0.15, 0.2) is 0 Å². The minimum atomic E-state index is -0.429. The van der Waals surface area contributed by atoms with Crippen molar-refractivity contribution in [3.8, 4) is 0 Å². The fourth-order valence-corrected chi connectivity index (χ4v) is 2.73. The van der Waals surface area contributed by atoms with E-state index in [1.807, 2.05) is 6.07 Å². The standard InChI is InChI=1S/C16H21NO4/c1-20-15(19)14-5-3-4-12(17-14)6-9-16(21-2)10-7-13(18)8-11-16/h3-5H,6-11H2,1-2H3. The van der Waals surface area contributed by atoms with Crippen LogP contribution in [-0.2, 0) is 20.7 Å². The largest absolute Gasteiger partial charge is 0.464 e. The number of carbonyl (C=O) groups excluding carboxylic acids is 2. The monoisotopic (exact) mass is 291 g/mol. The van der Waals surface area contributed by atoms with Crippen LogP contribution in [0.4, 0.5) is 0 Å². The van der Waals surface area contributed by atoms with E-state index in [0.717, 1.165) is 25.0 Å². The highest BCUT2D eigenvalue weighted by Crippen LogP contribution is 2.33. The maximum Gasteiger partial charge on any atom is 0.356 e. The average Bonchev–Trinajstić information content (AvgIpc) is 2.54. The maximum atomic E-state index is 11.5. The van der Waals surface area contributed by atoms with E-state index in [9.17, 15) is 9.59 Å². The van der Waals surface area contributed by atoms with Crippen LogP contribution in [0, 0.1) is 0 Å². The molecule has 5 nitrogen and oxygen atoms in total. The van der Waals surface area contributed by atoms with Crippen LogP contribution < -0.4 is 0 Å². The molecule has 1 heterocycles. The lowest BCUT2D eigenvalue weighted by atomic mass is 9.80. The molecule has 114 valence electrons. The molecule has 0 amide bonds. The Labute approximate surface area is 124 Å². The zero-order chi connectivity index (χ0) is 15.3. The fraction of sp³-hybridized carbons (Fsp3) is 0.562. The highest BCUT2D eigenvalue weighted by Gasteiger charge is 2.34. The van der Waals surface area contributed by atoms with Crippen molar-refractivity contribution >= 4 is 11.8 Å². The minimum Gasteiger partial charge on any atom is -0.464 e. The van der Waals surface area contributed by atoms with Crippen molar-refractivity contribution in [1.29, 1.82) is 0 Å². The third-order valence-electron chi connectivity index (χ3n) is 4.19. The Hall–Kier alpha value is -1.75. The molecule has 0 unspecified atom stereocenters. The van der Waals surface area contributed by atoms with Crippen LogP contribution in [0.1, 0.15) is 48.3 Å². The highest BCUT2D eigenvalue weighted by atomic mass is 16.5. The third kappa shape index (κ3) is 3.88. The van der Waals surface area contributed by atoms with Crippen LogP contribution >= 0.6 is 0 Å². The lowest BCUT2D eigenvalue weighted by Crippen LogP contribution is -2.37. The average molecular weight is 291 g/mol. The van der Waals surface area contributed by atoms with E-state index < -0.39 is 5.97 Å². The molecule has 1 aromatic rings. The number of ketones is 1. The van der Waals surface area contributed by atoms with Gasteiger partial charge in [0.1, 0.15) is 11.5 Å². The first-order valence-corrected chi connectivity index (χ1v) is 7.20. The Morgan fingerprint density at radius 2 is 2.00 bits per heavy atom. The highest BCUT2D eigenvalue weighted by molar-refractivity contribution is 5.87. The molecule has 2 rings (SSSR count). The van der Waals surface area contributed by atoms with Crippen molar-refractivity contribution in [3.05, 3.63) is 29.6 Å². The van der Waals surface area contributed by atoms with Crippen LogP contribution in [0.25, 0.3) is 0 Å². The third-order valence-corrected chi connectivity index (χ3v) is 4.19. The van der Waals surface area contributed by atoms with Crippen LogP contribution in [0.15, 0.2) is 18.2 Å². The summed E-state index contributed by atoms with van der Waals surface area (Å²) in [5, 5.41) is 0. The summed E-state index contributed by atoms with van der Waals surface area (Å²) in [5.41, 5.74) is 0.920. The Kier molecular flexibility index (Phi) is 5.07. The number of hydrogen-bond acceptors (Lipinski definition) is 5. The van der Waals surface area contributed by atoms with E-state index in [1.54, 1.807) is 19.2 Å². The predicted octanol–water partition coefficient (Wildman–Crippen LogP) is 2.33. The van der Waals surface area contributed by atoms with E-state index in [2.05, 4.69) is 9.72 Å². The first kappa shape index (κ1) is 15.6. The van der Waals surface area contributed by atoms with Gasteiger partial charge < -0.3 is 9.47 Å². The molecule has 1 aliphatic carbocycles. The summed E-state index contributed by atoms with van der Waals surface area (Å²) < 4.78 is 10.4. The number of carbonyl (C=O) groups is 2. The molecule has 0 aromatic carbocycles. The second-order valence-electron chi connectivity index (χ2n) is 5.43. The van der Waals surface area contributed by atoms with Crippen LogP contribution in [0.5, 0.6) is 0 Å². The molecular formula is C16H21NO4. The van der Waals surface area contributed by atoms with Gasteiger partial charge in [-0.15, -0.1) is 0 Å². The number of Topliss-reactive ketones (excluding diaryl/α,β-unsaturated/α-hetero) is 1. The zero-order valence-corrected chi connectivity index (χ0v) is 12.6. The number of ether oxygens (including phenoxy) is 2. The van der Waals surface area contributed by atoms with Gasteiger partial charge in [-0.05, 0) is 37.8 Å². The summed E-state index contributed by atoms with van der Waals surface area (Å²) in [5.74, 6) is -0.116. The summed E-state index contributed by atoms with van der Waals surface area (Å²) in [6.07, 6.45) is 4.21. The van der Waals surface area contributed by atoms with Gasteiger partial charge >= 0.3 is 5.97 Å². The Balaban J connectivity index is 2.01. The van der Waals surface area contributed by atoms with E-state index in [1.165, 1.54) is 7.11 Å². The number of rotatable bonds is 5. The maximum absolute atomic E-state index is 11.5. The first-order chi connectivity index (χ1) is 10.1. The first-order valence-electron chi connectivity index (χ1n) is 7.20. The quantitative estimate of drug-likeness (QED) is 0.779. The normalized spacial score (nSPS) is 17.5. The molecule has 0 aliphatic heterocycles. The van der Waals surface area contributed by atoms with Gasteiger partial charge in [-0.1, -0.05) is 6.07 Å². The molecule has 1 aliphatic rings. The molecule has 5 heteroatoms. The van der Waals surface area contributed by atoms with E-state index in [4.69, 9.17) is 4.74 Å². The second-order valence-corrected chi connectivity index (χ2v) is 5.43. The fourth-order valence-electron chi connectivity index (χ4n) is 2.73. The smallest absolute Gasteiger partial charge is 0.356 e. The summed E-state index contributed by atoms with van der Waals surface area (Å²) >= 11 is 0. The Morgan fingerprint density at radius 3 is 2.62 bits per heavy atom. The lowest BCUT2D eigenvalue weighted by molar-refractivity contribution is -0.127. The number of aryl methyl sites for hydroxylation is 1. The van der Waals surface area contributed by atoms with Gasteiger partial charge in [-0.2, -0.15) is 0 Å². The summed E-state index contributed by atoms with van der Waals surface area (Å²) in [6.45, 7) is 0. The topological polar surface area (TPSA) is 65.5 Å². The molecule has 1 saturated carbocycles. The van der Waals surface area contributed by atoms with Gasteiger partial charge in [0.05, 0.1) is 12.7 Å². The molecular weight excluding hydrogens is 270 g/mol. The SMILES string of the molecule is COC(=O)c1cccc(CCC2(OC)CCC(=O)CC2)n1. The van der Waals surface area contributed by atoms with Gasteiger partial charge in [0.25, 0.3) is 0 Å². The van der Waals surface area contributed by atoms with Crippen molar-refractivity contribution in [2.24, 2.45) is 0 Å². The van der Waals surface area contributed by atoms with Crippen LogP contribution in [-0.4, -0.2) is 36.6 Å². The van der Waals surface area contributed by atoms with E-state index in [0.29, 0.717) is 30.7 Å². The van der Waals surface area contributed by atoms with Gasteiger partial charge in [0, 0.05) is 25.6 Å². The van der Waals surface area contributed by atoms with Crippen molar-refractivity contribution in [3.63, 3.8) is 0 Å². The molecule has 0 radical (unpaired) electrons. The van der Waals surface area contributed by atoms with Gasteiger partial charge in [-0.25, -0.2) is 9.78 Å². The van der Waals surface area contributed by atoms with Crippen LogP contribution in [0.3, 0.4) is 0 Å². The molecule has 21 heavy (non-hydrogen) atoms. The Bertz CT molecular complexity index is 517. The number of nitrogens with zero attached hydrogens (tertiary/aromatic N) is 1. The molecule has 0 bridgehead atoms. The van der Waals surface area contributed by atoms with Crippen LogP contribution in [0.2, 0.25) is 0 Å². The van der Waals surface area contributed by atoms with Gasteiger partial charge in [0.2, 0.25) is 0 Å². The second kappa shape index (κ2) is 6.80. The number of esters is 1. The zero-order valence-electron chi connectivity index (χ0n) is 12.6. The minimum absolute atomic E-state index is 0.239. The van der Waals surface area contributed by atoms with E-state index in [-0.39, 0.29) is 5.60 Å². The molecule has 1 fully saturated rings. The molecule has 0 spiro atoms. The van der Waals surface area contributed by atoms with Gasteiger partial charge in [-0.3, -0.25) is 4.79 Å². The van der Waals surface area contributed by atoms with E-state index >= 15 is 0 Å². The lowest BCUT2D eigenvalue weighted by Gasteiger charge is -2.35. The summed E-state index contributed by atoms with van der Waals surface area (Å²) in [7, 11) is 3.05. The summed E-state index contributed by atoms with van der Waals surface area (Å²) in [4.78, 5) is 27.2. The number of aromatic nitrogens is 1. The Morgan fingerprint density at radius 1 is 1.29 bits per heavy atom. The molecule has 1 aromatic heterocycles. The molecule has 0 saturated heterocycles. The molecule has 0 N–H and O–H groups in total. The van der Waals surface area contributed by atoms with Crippen molar-refractivity contribution in [2.75, 3.05) is 14.2 Å². The number of hydrogen-bond donors (Lipinski definition) is 0. The number of methoxy groups -OCH3 is 2. The van der Waals surface area contributed by atoms with Crippen molar-refractivity contribution in [1.82, 2.24) is 4.98 Å². The predicted molar refractivity (Wildman–Crippen MR) is 77.1 cm³/mol.